The lowest BCUT2D eigenvalue weighted by atomic mass is 10.2. The molecule has 2 nitrogen and oxygen atoms in total. The van der Waals surface area contributed by atoms with Crippen LogP contribution in [0.25, 0.3) is 0 Å². The second-order valence-corrected chi connectivity index (χ2v) is 5.62. The first-order valence-electron chi connectivity index (χ1n) is 5.37. The van der Waals surface area contributed by atoms with Crippen molar-refractivity contribution in [3.63, 3.8) is 0 Å². The van der Waals surface area contributed by atoms with E-state index in [1.54, 1.807) is 0 Å². The van der Waals surface area contributed by atoms with Gasteiger partial charge in [-0.05, 0) is 36.1 Å². The first-order chi connectivity index (χ1) is 7.77. The Hall–Kier alpha value is -0.190. The van der Waals surface area contributed by atoms with Gasteiger partial charge in [0.2, 0.25) is 0 Å². The molecule has 0 bridgehead atoms. The first-order valence-corrected chi connectivity index (χ1v) is 7.32. The van der Waals surface area contributed by atoms with Crippen molar-refractivity contribution in [1.82, 2.24) is 0 Å². The lowest BCUT2D eigenvalue weighted by Crippen LogP contribution is -2.01. The van der Waals surface area contributed by atoms with Gasteiger partial charge in [0, 0.05) is 10.0 Å². The maximum atomic E-state index is 9.18. The number of thioether (sulfide) groups is 1. The Morgan fingerprint density at radius 3 is 2.94 bits per heavy atom. The van der Waals surface area contributed by atoms with E-state index in [2.05, 4.69) is 22.9 Å². The summed E-state index contributed by atoms with van der Waals surface area (Å²) in [6.45, 7) is 2.88. The highest BCUT2D eigenvalue weighted by atomic mass is 79.9. The van der Waals surface area contributed by atoms with Gasteiger partial charge in [-0.15, -0.1) is 0 Å². The SMILES string of the molecule is CCSCCCOc1ccc(Br)cc1CO. The van der Waals surface area contributed by atoms with Crippen LogP contribution < -0.4 is 4.74 Å². The van der Waals surface area contributed by atoms with Gasteiger partial charge in [-0.3, -0.25) is 0 Å². The molecule has 1 aromatic rings. The molecule has 90 valence electrons. The molecule has 0 aliphatic rings. The quantitative estimate of drug-likeness (QED) is 0.782. The number of hydrogen-bond acceptors (Lipinski definition) is 3. The molecule has 0 unspecified atom stereocenters. The monoisotopic (exact) mass is 304 g/mol. The third-order valence-corrected chi connectivity index (χ3v) is 3.57. The topological polar surface area (TPSA) is 29.5 Å². The van der Waals surface area contributed by atoms with E-state index in [9.17, 15) is 5.11 Å². The highest BCUT2D eigenvalue weighted by Gasteiger charge is 2.03. The summed E-state index contributed by atoms with van der Waals surface area (Å²) in [5, 5.41) is 9.18. The van der Waals surface area contributed by atoms with Gasteiger partial charge in [-0.2, -0.15) is 11.8 Å². The first kappa shape index (κ1) is 13.9. The third-order valence-electron chi connectivity index (χ3n) is 2.09. The highest BCUT2D eigenvalue weighted by molar-refractivity contribution is 9.10. The second-order valence-electron chi connectivity index (χ2n) is 3.31. The fraction of sp³-hybridized carbons (Fsp3) is 0.500. The zero-order valence-electron chi connectivity index (χ0n) is 9.41. The van der Waals surface area contributed by atoms with Crippen LogP contribution in [0.5, 0.6) is 5.75 Å². The highest BCUT2D eigenvalue weighted by Crippen LogP contribution is 2.23. The molecule has 16 heavy (non-hydrogen) atoms. The van der Waals surface area contributed by atoms with Crippen LogP contribution in [0.3, 0.4) is 0 Å². The Labute approximate surface area is 110 Å². The Morgan fingerprint density at radius 2 is 2.25 bits per heavy atom. The second kappa shape index (κ2) is 7.98. The van der Waals surface area contributed by atoms with Crippen LogP contribution in [0.15, 0.2) is 22.7 Å². The minimum absolute atomic E-state index is 0.0124. The van der Waals surface area contributed by atoms with Crippen LogP contribution >= 0.6 is 27.7 Å². The predicted octanol–water partition coefficient (Wildman–Crippen LogP) is 3.46. The van der Waals surface area contributed by atoms with Crippen molar-refractivity contribution in [1.29, 1.82) is 0 Å². The van der Waals surface area contributed by atoms with Gasteiger partial charge in [-0.25, -0.2) is 0 Å². The number of aliphatic hydroxyl groups excluding tert-OH is 1. The molecule has 0 radical (unpaired) electrons. The summed E-state index contributed by atoms with van der Waals surface area (Å²) >= 11 is 5.29. The number of halogens is 1. The zero-order chi connectivity index (χ0) is 11.8. The number of aliphatic hydroxyl groups is 1. The maximum absolute atomic E-state index is 9.18. The largest absolute Gasteiger partial charge is 0.493 e. The zero-order valence-corrected chi connectivity index (χ0v) is 11.8. The van der Waals surface area contributed by atoms with E-state index in [1.807, 2.05) is 30.0 Å². The minimum atomic E-state index is 0.0124. The Morgan fingerprint density at radius 1 is 1.44 bits per heavy atom. The molecule has 0 aliphatic carbocycles. The number of benzene rings is 1. The van der Waals surface area contributed by atoms with E-state index in [1.165, 1.54) is 0 Å². The van der Waals surface area contributed by atoms with Crippen molar-refractivity contribution < 1.29 is 9.84 Å². The van der Waals surface area contributed by atoms with Crippen molar-refractivity contribution in [2.75, 3.05) is 18.1 Å². The average Bonchev–Trinajstić information content (AvgIpc) is 2.30. The van der Waals surface area contributed by atoms with Crippen molar-refractivity contribution in [3.8, 4) is 5.75 Å². The van der Waals surface area contributed by atoms with Crippen molar-refractivity contribution in [2.45, 2.75) is 20.0 Å². The summed E-state index contributed by atoms with van der Waals surface area (Å²) in [5.41, 5.74) is 0.831. The van der Waals surface area contributed by atoms with Crippen LogP contribution in [0.1, 0.15) is 18.9 Å². The Kier molecular flexibility index (Phi) is 6.92. The molecule has 0 fully saturated rings. The Balaban J connectivity index is 2.41. The number of hydrogen-bond donors (Lipinski definition) is 1. The molecule has 1 rings (SSSR count). The van der Waals surface area contributed by atoms with Gasteiger partial charge in [0.1, 0.15) is 5.75 Å². The lowest BCUT2D eigenvalue weighted by molar-refractivity contribution is 0.263. The van der Waals surface area contributed by atoms with Crippen molar-refractivity contribution in [2.24, 2.45) is 0 Å². The summed E-state index contributed by atoms with van der Waals surface area (Å²) in [4.78, 5) is 0. The molecule has 0 atom stereocenters. The fourth-order valence-corrected chi connectivity index (χ4v) is 2.32. The average molecular weight is 305 g/mol. The van der Waals surface area contributed by atoms with Gasteiger partial charge in [0.05, 0.1) is 13.2 Å². The summed E-state index contributed by atoms with van der Waals surface area (Å²) in [7, 11) is 0. The van der Waals surface area contributed by atoms with Crippen molar-refractivity contribution >= 4 is 27.7 Å². The molecular weight excluding hydrogens is 288 g/mol. The Bertz CT molecular complexity index is 318. The molecule has 0 amide bonds. The molecule has 0 aromatic heterocycles. The molecule has 1 N–H and O–H groups in total. The summed E-state index contributed by atoms with van der Waals surface area (Å²) in [6.07, 6.45) is 1.04. The van der Waals surface area contributed by atoms with Crippen LogP contribution in [0, 0.1) is 0 Å². The number of ether oxygens (including phenoxy) is 1. The van der Waals surface area contributed by atoms with Crippen molar-refractivity contribution in [3.05, 3.63) is 28.2 Å². The van der Waals surface area contributed by atoms with E-state index in [0.29, 0.717) is 6.61 Å². The molecule has 0 heterocycles. The minimum Gasteiger partial charge on any atom is -0.493 e. The van der Waals surface area contributed by atoms with Gasteiger partial charge in [0.25, 0.3) is 0 Å². The van der Waals surface area contributed by atoms with Crippen LogP contribution in [-0.4, -0.2) is 23.2 Å². The standard InChI is InChI=1S/C12H17BrO2S/c1-2-16-7-3-6-15-12-5-4-11(13)8-10(12)9-14/h4-5,8,14H,2-3,6-7,9H2,1H3. The predicted molar refractivity (Wildman–Crippen MR) is 73.2 cm³/mol. The fourth-order valence-electron chi connectivity index (χ4n) is 1.30. The van der Waals surface area contributed by atoms with E-state index in [0.717, 1.165) is 33.7 Å². The summed E-state index contributed by atoms with van der Waals surface area (Å²) in [5.74, 6) is 3.06. The normalized spacial score (nSPS) is 10.4. The van der Waals surface area contributed by atoms with Crippen LogP contribution in [0.4, 0.5) is 0 Å². The molecule has 4 heteroatoms. The van der Waals surface area contributed by atoms with Gasteiger partial charge < -0.3 is 9.84 Å². The van der Waals surface area contributed by atoms with Gasteiger partial charge in [-0.1, -0.05) is 22.9 Å². The maximum Gasteiger partial charge on any atom is 0.124 e. The summed E-state index contributed by atoms with van der Waals surface area (Å²) < 4.78 is 6.60. The van der Waals surface area contributed by atoms with Gasteiger partial charge in [0.15, 0.2) is 0 Å². The number of rotatable bonds is 7. The van der Waals surface area contributed by atoms with Gasteiger partial charge >= 0.3 is 0 Å². The summed E-state index contributed by atoms with van der Waals surface area (Å²) in [6, 6.07) is 5.70. The molecule has 0 saturated heterocycles. The lowest BCUT2D eigenvalue weighted by Gasteiger charge is -2.10. The van der Waals surface area contributed by atoms with E-state index in [4.69, 9.17) is 4.74 Å². The van der Waals surface area contributed by atoms with E-state index < -0.39 is 0 Å². The molecule has 0 aliphatic heterocycles. The van der Waals surface area contributed by atoms with Crippen LogP contribution in [-0.2, 0) is 6.61 Å². The third kappa shape index (κ3) is 4.76. The molecular formula is C12H17BrO2S. The molecule has 1 aromatic carbocycles. The molecule has 0 saturated carbocycles. The molecule has 0 spiro atoms. The van der Waals surface area contributed by atoms with E-state index >= 15 is 0 Å². The van der Waals surface area contributed by atoms with Crippen LogP contribution in [0.2, 0.25) is 0 Å². The smallest absolute Gasteiger partial charge is 0.124 e. The van der Waals surface area contributed by atoms with E-state index in [-0.39, 0.29) is 6.61 Å².